The molecule has 8 nitrogen and oxygen atoms in total. The molecule has 0 heterocycles. The average Bonchev–Trinajstić information content (AvgIpc) is 3.11. The fraction of sp³-hybridized carbons (Fsp3) is 0.680. The van der Waals surface area contributed by atoms with Crippen molar-refractivity contribution in [3.8, 4) is 0 Å². The quantitative estimate of drug-likeness (QED) is 0.321. The van der Waals surface area contributed by atoms with Crippen LogP contribution in [-0.2, 0) is 38.1 Å². The number of hydrogen-bond acceptors (Lipinski definition) is 8. The molecule has 2 saturated carbocycles. The molecule has 2 fully saturated rings. The topological polar surface area (TPSA) is 105 Å². The van der Waals surface area contributed by atoms with Crippen molar-refractivity contribution in [2.45, 2.75) is 60.0 Å². The summed E-state index contributed by atoms with van der Waals surface area (Å²) in [5.74, 6) is -5.66. The molecule has 2 aliphatic rings. The fourth-order valence-corrected chi connectivity index (χ4v) is 4.97. The van der Waals surface area contributed by atoms with Crippen LogP contribution in [0.3, 0.4) is 0 Å². The van der Waals surface area contributed by atoms with Crippen molar-refractivity contribution in [2.75, 3.05) is 19.8 Å². The smallest absolute Gasteiger partial charge is 0.323 e. The standard InChI is InChI=1S/C25H36O8/c1-9-30-20(26)18-15(5)14(4)16-12-25(22(28)31-10-2,23(29)32-11-3)13-17(16)19(18)21(27)33-24(6,7)8/h16-19H,4-5,9-13H2,1-3,6-8H3/t16-,17+,18+,19-/m0/s1. The van der Waals surface area contributed by atoms with Crippen LogP contribution >= 0.6 is 0 Å². The second-order valence-corrected chi connectivity index (χ2v) is 9.54. The summed E-state index contributed by atoms with van der Waals surface area (Å²) < 4.78 is 21.4. The maximum atomic E-state index is 13.4. The van der Waals surface area contributed by atoms with Crippen molar-refractivity contribution in [3.05, 3.63) is 24.3 Å². The van der Waals surface area contributed by atoms with E-state index in [2.05, 4.69) is 13.2 Å². The van der Waals surface area contributed by atoms with Gasteiger partial charge in [-0.05, 0) is 77.4 Å². The molecule has 184 valence electrons. The van der Waals surface area contributed by atoms with Crippen molar-refractivity contribution in [2.24, 2.45) is 29.1 Å². The lowest BCUT2D eigenvalue weighted by atomic mass is 9.63. The lowest BCUT2D eigenvalue weighted by Crippen LogP contribution is -2.46. The molecule has 0 saturated heterocycles. The predicted molar refractivity (Wildman–Crippen MR) is 120 cm³/mol. The molecule has 0 unspecified atom stereocenters. The average molecular weight is 465 g/mol. The minimum absolute atomic E-state index is 0.0263. The van der Waals surface area contributed by atoms with Crippen LogP contribution in [0, 0.1) is 29.1 Å². The van der Waals surface area contributed by atoms with Gasteiger partial charge in [0.05, 0.1) is 31.7 Å². The first-order valence-electron chi connectivity index (χ1n) is 11.5. The van der Waals surface area contributed by atoms with E-state index in [1.165, 1.54) is 0 Å². The molecule has 4 atom stereocenters. The molecule has 0 radical (unpaired) electrons. The Bertz CT molecular complexity index is 816. The molecular formula is C25H36O8. The van der Waals surface area contributed by atoms with E-state index in [1.54, 1.807) is 41.5 Å². The summed E-state index contributed by atoms with van der Waals surface area (Å²) in [5, 5.41) is 0. The van der Waals surface area contributed by atoms with Gasteiger partial charge in [-0.25, -0.2) is 0 Å². The van der Waals surface area contributed by atoms with E-state index in [0.717, 1.165) is 0 Å². The number of hydrogen-bond donors (Lipinski definition) is 0. The van der Waals surface area contributed by atoms with Gasteiger partial charge >= 0.3 is 23.9 Å². The SMILES string of the molecule is C=C1C(=C)[C@@H]2CC(C(=O)OCC)(C(=O)OCC)C[C@H]2[C@H](C(=O)OC(C)(C)C)[C@@H]1C(=O)OCC. The molecule has 0 aromatic rings. The van der Waals surface area contributed by atoms with Gasteiger partial charge in [0.15, 0.2) is 5.41 Å². The molecule has 0 aliphatic heterocycles. The molecule has 33 heavy (non-hydrogen) atoms. The molecular weight excluding hydrogens is 428 g/mol. The summed E-state index contributed by atoms with van der Waals surface area (Å²) in [4.78, 5) is 52.4. The molecule has 0 N–H and O–H groups in total. The largest absolute Gasteiger partial charge is 0.466 e. The van der Waals surface area contributed by atoms with Crippen molar-refractivity contribution in [3.63, 3.8) is 0 Å². The normalized spacial score (nSPS) is 26.2. The highest BCUT2D eigenvalue weighted by molar-refractivity contribution is 6.01. The summed E-state index contributed by atoms with van der Waals surface area (Å²) in [5.41, 5.74) is -1.53. The van der Waals surface area contributed by atoms with Gasteiger partial charge in [-0.15, -0.1) is 0 Å². The first kappa shape index (κ1) is 26.6. The molecule has 0 spiro atoms. The molecule has 0 amide bonds. The third kappa shape index (κ3) is 5.14. The Morgan fingerprint density at radius 3 is 1.82 bits per heavy atom. The maximum absolute atomic E-state index is 13.4. The number of rotatable bonds is 7. The summed E-state index contributed by atoms with van der Waals surface area (Å²) in [6.45, 7) is 18.6. The number of allylic oxidation sites excluding steroid dienone is 1. The van der Waals surface area contributed by atoms with Gasteiger partial charge < -0.3 is 18.9 Å². The number of esters is 4. The zero-order valence-electron chi connectivity index (χ0n) is 20.5. The van der Waals surface area contributed by atoms with Crippen molar-refractivity contribution in [1.29, 1.82) is 0 Å². The highest BCUT2D eigenvalue weighted by Gasteiger charge is 2.64. The third-order valence-electron chi connectivity index (χ3n) is 6.28. The number of fused-ring (bicyclic) bond motifs is 1. The number of carbonyl (C=O) groups excluding carboxylic acids is 4. The first-order chi connectivity index (χ1) is 15.3. The van der Waals surface area contributed by atoms with E-state index >= 15 is 0 Å². The summed E-state index contributed by atoms with van der Waals surface area (Å²) in [6, 6.07) is 0. The van der Waals surface area contributed by atoms with Gasteiger partial charge in [0.1, 0.15) is 5.60 Å². The Hall–Kier alpha value is -2.64. The van der Waals surface area contributed by atoms with Gasteiger partial charge in [0.2, 0.25) is 0 Å². The molecule has 8 heteroatoms. The Kier molecular flexibility index (Phi) is 8.14. The minimum Gasteiger partial charge on any atom is -0.466 e. The van der Waals surface area contributed by atoms with Crippen LogP contribution in [0.1, 0.15) is 54.4 Å². The Balaban J connectivity index is 2.61. The second kappa shape index (κ2) is 10.1. The second-order valence-electron chi connectivity index (χ2n) is 9.54. The fourth-order valence-electron chi connectivity index (χ4n) is 4.97. The van der Waals surface area contributed by atoms with Gasteiger partial charge in [0.25, 0.3) is 0 Å². The van der Waals surface area contributed by atoms with E-state index in [4.69, 9.17) is 18.9 Å². The van der Waals surface area contributed by atoms with Gasteiger partial charge in [-0.1, -0.05) is 13.2 Å². The Labute approximate surface area is 195 Å². The first-order valence-corrected chi connectivity index (χ1v) is 11.5. The number of ether oxygens (including phenoxy) is 4. The van der Waals surface area contributed by atoms with Crippen LogP contribution in [0.15, 0.2) is 24.3 Å². The van der Waals surface area contributed by atoms with Crippen LogP contribution in [0.4, 0.5) is 0 Å². The van der Waals surface area contributed by atoms with Crippen molar-refractivity contribution < 1.29 is 38.1 Å². The third-order valence-corrected chi connectivity index (χ3v) is 6.28. The Morgan fingerprint density at radius 1 is 0.848 bits per heavy atom. The van der Waals surface area contributed by atoms with Gasteiger partial charge in [-0.3, -0.25) is 19.2 Å². The van der Waals surface area contributed by atoms with Crippen LogP contribution in [-0.4, -0.2) is 49.3 Å². The van der Waals surface area contributed by atoms with Crippen molar-refractivity contribution in [1.82, 2.24) is 0 Å². The van der Waals surface area contributed by atoms with Crippen LogP contribution in [0.5, 0.6) is 0 Å². The van der Waals surface area contributed by atoms with E-state index in [-0.39, 0.29) is 32.7 Å². The predicted octanol–water partition coefficient (Wildman–Crippen LogP) is 3.39. The molecule has 0 bridgehead atoms. The summed E-state index contributed by atoms with van der Waals surface area (Å²) >= 11 is 0. The van der Waals surface area contributed by atoms with E-state index in [1.807, 2.05) is 0 Å². The highest BCUT2D eigenvalue weighted by atomic mass is 16.6. The molecule has 2 aliphatic carbocycles. The van der Waals surface area contributed by atoms with Crippen LogP contribution in [0.2, 0.25) is 0 Å². The van der Waals surface area contributed by atoms with Crippen molar-refractivity contribution >= 4 is 23.9 Å². The monoisotopic (exact) mass is 464 g/mol. The summed E-state index contributed by atoms with van der Waals surface area (Å²) in [7, 11) is 0. The minimum atomic E-state index is -1.60. The molecule has 0 aromatic carbocycles. The van der Waals surface area contributed by atoms with Crippen LogP contribution < -0.4 is 0 Å². The Morgan fingerprint density at radius 2 is 1.36 bits per heavy atom. The molecule has 2 rings (SSSR count). The zero-order chi connectivity index (χ0) is 25.1. The highest BCUT2D eigenvalue weighted by Crippen LogP contribution is 2.59. The zero-order valence-corrected chi connectivity index (χ0v) is 20.5. The number of carbonyl (C=O) groups is 4. The lowest BCUT2D eigenvalue weighted by molar-refractivity contribution is -0.174. The maximum Gasteiger partial charge on any atom is 0.323 e. The molecule has 0 aromatic heterocycles. The van der Waals surface area contributed by atoms with Gasteiger partial charge in [-0.2, -0.15) is 0 Å². The summed E-state index contributed by atoms with van der Waals surface area (Å²) in [6.07, 6.45) is 0.0312. The van der Waals surface area contributed by atoms with E-state index < -0.39 is 58.6 Å². The lowest BCUT2D eigenvalue weighted by Gasteiger charge is -2.41. The van der Waals surface area contributed by atoms with E-state index in [0.29, 0.717) is 11.1 Å². The van der Waals surface area contributed by atoms with E-state index in [9.17, 15) is 19.2 Å². The van der Waals surface area contributed by atoms with Gasteiger partial charge in [0, 0.05) is 0 Å². The van der Waals surface area contributed by atoms with Crippen LogP contribution in [0.25, 0.3) is 0 Å².